The molecule has 3 rings (SSSR count). The fourth-order valence-electron chi connectivity index (χ4n) is 2.75. The molecule has 0 radical (unpaired) electrons. The minimum Gasteiger partial charge on any atom is -0.309 e. The van der Waals surface area contributed by atoms with Crippen molar-refractivity contribution in [2.45, 2.75) is 6.42 Å². The molecule has 3 aromatic rings. The average molecular weight is 418 g/mol. The number of halogens is 2. The lowest BCUT2D eigenvalue weighted by Crippen LogP contribution is -2.33. The van der Waals surface area contributed by atoms with Gasteiger partial charge in [-0.25, -0.2) is 9.37 Å². The molecule has 4 nitrogen and oxygen atoms in total. The van der Waals surface area contributed by atoms with Gasteiger partial charge in [0, 0.05) is 28.1 Å². The first-order chi connectivity index (χ1) is 13.4. The van der Waals surface area contributed by atoms with Crippen LogP contribution in [0.1, 0.15) is 16.8 Å². The number of aromatic nitrogens is 1. The minimum atomic E-state index is -0.430. The molecule has 0 fully saturated rings. The van der Waals surface area contributed by atoms with Gasteiger partial charge in [0.15, 0.2) is 5.13 Å². The topological polar surface area (TPSA) is 36.4 Å². The van der Waals surface area contributed by atoms with Crippen molar-refractivity contribution in [2.24, 2.45) is 0 Å². The number of hydrogen-bond acceptors (Lipinski definition) is 4. The van der Waals surface area contributed by atoms with Crippen LogP contribution in [0.5, 0.6) is 0 Å². The van der Waals surface area contributed by atoms with E-state index in [-0.39, 0.29) is 5.91 Å². The molecule has 0 aliphatic heterocycles. The second kappa shape index (κ2) is 9.28. The van der Waals surface area contributed by atoms with E-state index in [2.05, 4.69) is 9.88 Å². The molecule has 0 unspecified atom stereocenters. The van der Waals surface area contributed by atoms with E-state index in [0.717, 1.165) is 24.2 Å². The molecule has 0 N–H and O–H groups in total. The van der Waals surface area contributed by atoms with Crippen LogP contribution in [-0.4, -0.2) is 43.0 Å². The zero-order chi connectivity index (χ0) is 20.1. The molecule has 0 saturated carbocycles. The lowest BCUT2D eigenvalue weighted by atomic mass is 10.2. The van der Waals surface area contributed by atoms with Crippen LogP contribution in [0.2, 0.25) is 5.02 Å². The average Bonchev–Trinajstić information content (AvgIpc) is 3.15. The summed E-state index contributed by atoms with van der Waals surface area (Å²) in [5.41, 5.74) is 2.02. The van der Waals surface area contributed by atoms with Crippen LogP contribution in [0, 0.1) is 5.82 Å². The maximum atomic E-state index is 13.6. The Balaban J connectivity index is 1.88. The summed E-state index contributed by atoms with van der Waals surface area (Å²) in [6.45, 7) is 1.34. The molecule has 146 valence electrons. The van der Waals surface area contributed by atoms with Crippen LogP contribution in [0.4, 0.5) is 9.52 Å². The molecule has 2 aromatic carbocycles. The summed E-state index contributed by atoms with van der Waals surface area (Å²) < 4.78 is 13.6. The monoisotopic (exact) mass is 417 g/mol. The molecule has 0 aliphatic carbocycles. The number of amides is 1. The van der Waals surface area contributed by atoms with Gasteiger partial charge in [-0.1, -0.05) is 29.8 Å². The summed E-state index contributed by atoms with van der Waals surface area (Å²) in [6.07, 6.45) is 0.782. The van der Waals surface area contributed by atoms with Crippen molar-refractivity contribution in [3.05, 3.63) is 70.3 Å². The van der Waals surface area contributed by atoms with Crippen LogP contribution in [0.15, 0.2) is 53.9 Å². The van der Waals surface area contributed by atoms with Crippen LogP contribution >= 0.6 is 22.9 Å². The predicted molar refractivity (Wildman–Crippen MR) is 114 cm³/mol. The van der Waals surface area contributed by atoms with E-state index in [9.17, 15) is 9.18 Å². The highest BCUT2D eigenvalue weighted by Gasteiger charge is 2.21. The van der Waals surface area contributed by atoms with Gasteiger partial charge in [0.1, 0.15) is 5.82 Å². The van der Waals surface area contributed by atoms with Gasteiger partial charge in [-0.05, 0) is 57.4 Å². The molecule has 1 aromatic heterocycles. The Kier molecular flexibility index (Phi) is 6.78. The van der Waals surface area contributed by atoms with Gasteiger partial charge < -0.3 is 4.90 Å². The highest BCUT2D eigenvalue weighted by Crippen LogP contribution is 2.29. The Bertz CT molecular complexity index is 943. The lowest BCUT2D eigenvalue weighted by molar-refractivity contribution is 0.0985. The standard InChI is InChI=1S/C21H21ClFN3OS/c1-25(2)11-4-12-26(20(27)16-5-3-6-18(23)13-16)21-24-19(14-28-21)15-7-9-17(22)10-8-15/h3,5-10,13-14H,4,11-12H2,1-2H3. The number of rotatable bonds is 7. The maximum absolute atomic E-state index is 13.6. The Morgan fingerprint density at radius 1 is 1.14 bits per heavy atom. The van der Waals surface area contributed by atoms with E-state index in [0.29, 0.717) is 22.3 Å². The number of nitrogens with zero attached hydrogens (tertiary/aromatic N) is 3. The van der Waals surface area contributed by atoms with Gasteiger partial charge in [0.25, 0.3) is 5.91 Å². The lowest BCUT2D eigenvalue weighted by Gasteiger charge is -2.21. The largest absolute Gasteiger partial charge is 0.309 e. The van der Waals surface area contributed by atoms with Crippen molar-refractivity contribution < 1.29 is 9.18 Å². The van der Waals surface area contributed by atoms with E-state index in [1.807, 2.05) is 43.7 Å². The Morgan fingerprint density at radius 2 is 1.89 bits per heavy atom. The molecular weight excluding hydrogens is 397 g/mol. The quantitative estimate of drug-likeness (QED) is 0.530. The zero-order valence-electron chi connectivity index (χ0n) is 15.7. The first kappa shape index (κ1) is 20.5. The Labute approximate surface area is 173 Å². The molecular formula is C21H21ClFN3OS. The van der Waals surface area contributed by atoms with Crippen LogP contribution in [0.3, 0.4) is 0 Å². The summed E-state index contributed by atoms with van der Waals surface area (Å²) in [4.78, 5) is 21.4. The van der Waals surface area contributed by atoms with Gasteiger partial charge in [0.2, 0.25) is 0 Å². The molecule has 7 heteroatoms. The summed E-state index contributed by atoms with van der Waals surface area (Å²) >= 11 is 7.35. The first-order valence-corrected chi connectivity index (χ1v) is 10.1. The smallest absolute Gasteiger partial charge is 0.260 e. The highest BCUT2D eigenvalue weighted by atomic mass is 35.5. The van der Waals surface area contributed by atoms with Crippen LogP contribution < -0.4 is 4.90 Å². The molecule has 28 heavy (non-hydrogen) atoms. The van der Waals surface area contributed by atoms with E-state index in [4.69, 9.17) is 11.6 Å². The van der Waals surface area contributed by atoms with E-state index in [1.54, 1.807) is 17.0 Å². The SMILES string of the molecule is CN(C)CCCN(C(=O)c1cccc(F)c1)c1nc(-c2ccc(Cl)cc2)cs1. The molecule has 0 saturated heterocycles. The van der Waals surface area contributed by atoms with Gasteiger partial charge in [-0.15, -0.1) is 11.3 Å². The molecule has 1 amide bonds. The van der Waals surface area contributed by atoms with E-state index < -0.39 is 5.82 Å². The maximum Gasteiger partial charge on any atom is 0.260 e. The number of thiazole rings is 1. The van der Waals surface area contributed by atoms with Gasteiger partial charge in [-0.2, -0.15) is 0 Å². The number of anilines is 1. The van der Waals surface area contributed by atoms with Crippen molar-refractivity contribution >= 4 is 34.0 Å². The summed E-state index contributed by atoms with van der Waals surface area (Å²) in [5, 5.41) is 3.17. The van der Waals surface area contributed by atoms with Gasteiger partial charge >= 0.3 is 0 Å². The van der Waals surface area contributed by atoms with Crippen LogP contribution in [0.25, 0.3) is 11.3 Å². The predicted octanol–water partition coefficient (Wildman–Crippen LogP) is 5.20. The van der Waals surface area contributed by atoms with Crippen molar-refractivity contribution in [1.82, 2.24) is 9.88 Å². The number of carbonyl (C=O) groups excluding carboxylic acids is 1. The third kappa shape index (κ3) is 5.16. The molecule has 1 heterocycles. The molecule has 0 aliphatic rings. The fraction of sp³-hybridized carbons (Fsp3) is 0.238. The van der Waals surface area contributed by atoms with Crippen molar-refractivity contribution in [3.8, 4) is 11.3 Å². The van der Waals surface area contributed by atoms with Crippen LogP contribution in [-0.2, 0) is 0 Å². The third-order valence-corrected chi connectivity index (χ3v) is 5.28. The van der Waals surface area contributed by atoms with E-state index >= 15 is 0 Å². The van der Waals surface area contributed by atoms with Crippen molar-refractivity contribution in [3.63, 3.8) is 0 Å². The van der Waals surface area contributed by atoms with E-state index in [1.165, 1.54) is 23.5 Å². The summed E-state index contributed by atoms with van der Waals surface area (Å²) in [6, 6.07) is 13.2. The number of benzene rings is 2. The Morgan fingerprint density at radius 3 is 2.57 bits per heavy atom. The van der Waals surface area contributed by atoms with Gasteiger partial charge in [-0.3, -0.25) is 9.69 Å². The molecule has 0 atom stereocenters. The normalized spacial score (nSPS) is 11.0. The molecule has 0 spiro atoms. The zero-order valence-corrected chi connectivity index (χ0v) is 17.3. The Hall–Kier alpha value is -2.28. The second-order valence-electron chi connectivity index (χ2n) is 6.65. The first-order valence-electron chi connectivity index (χ1n) is 8.87. The van der Waals surface area contributed by atoms with Crippen molar-refractivity contribution in [2.75, 3.05) is 32.1 Å². The number of carbonyl (C=O) groups is 1. The summed E-state index contributed by atoms with van der Waals surface area (Å²) in [5.74, 6) is -0.685. The second-order valence-corrected chi connectivity index (χ2v) is 7.92. The molecule has 0 bridgehead atoms. The third-order valence-electron chi connectivity index (χ3n) is 4.17. The number of hydrogen-bond donors (Lipinski definition) is 0. The summed E-state index contributed by atoms with van der Waals surface area (Å²) in [7, 11) is 3.97. The van der Waals surface area contributed by atoms with Gasteiger partial charge in [0.05, 0.1) is 5.69 Å². The fourth-order valence-corrected chi connectivity index (χ4v) is 3.73. The van der Waals surface area contributed by atoms with Crippen molar-refractivity contribution in [1.29, 1.82) is 0 Å². The minimum absolute atomic E-state index is 0.254. The highest BCUT2D eigenvalue weighted by molar-refractivity contribution is 7.14.